The maximum atomic E-state index is 14.0. The number of fused-ring (bicyclic) bond motifs is 2. The molecule has 0 saturated heterocycles. The number of benzene rings is 1. The minimum absolute atomic E-state index is 0.196. The highest BCUT2D eigenvalue weighted by atomic mass is 28.4. The van der Waals surface area contributed by atoms with Gasteiger partial charge in [-0.1, -0.05) is 63.6 Å². The second-order valence-electron chi connectivity index (χ2n) is 13.9. The maximum absolute atomic E-state index is 14.0. The Hall–Kier alpha value is -3.96. The van der Waals surface area contributed by atoms with E-state index in [-0.39, 0.29) is 31.1 Å². The van der Waals surface area contributed by atoms with Crippen LogP contribution in [-0.4, -0.2) is 61.9 Å². The first-order valence-electron chi connectivity index (χ1n) is 17.1. The molecule has 0 saturated carbocycles. The molecule has 2 amide bonds. The number of amides is 2. The van der Waals surface area contributed by atoms with Crippen molar-refractivity contribution in [2.24, 2.45) is 0 Å². The molecule has 0 unspecified atom stereocenters. The zero-order valence-corrected chi connectivity index (χ0v) is 30.7. The third-order valence-electron chi connectivity index (χ3n) is 8.45. The van der Waals surface area contributed by atoms with Crippen LogP contribution >= 0.6 is 0 Å². The molecule has 1 aliphatic rings. The first-order valence-corrected chi connectivity index (χ1v) is 20.5. The van der Waals surface area contributed by atoms with Gasteiger partial charge in [-0.15, -0.1) is 0 Å². The van der Waals surface area contributed by atoms with E-state index in [2.05, 4.69) is 17.2 Å². The summed E-state index contributed by atoms with van der Waals surface area (Å²) in [7, 11) is -0.428. The predicted molar refractivity (Wildman–Crippen MR) is 193 cm³/mol. The molecule has 260 valence electrons. The second-order valence-corrected chi connectivity index (χ2v) is 18.3. The minimum atomic E-state index is -2.16. The number of nitrogens with zero attached hydrogens (tertiary/aromatic N) is 3. The summed E-state index contributed by atoms with van der Waals surface area (Å²) in [5.41, 5.74) is 1.87. The molecule has 11 heteroatoms. The largest absolute Gasteiger partial charge is 0.459 e. The number of anilines is 2. The number of rotatable bonds is 16. The van der Waals surface area contributed by atoms with E-state index in [0.717, 1.165) is 41.6 Å². The molecule has 4 rings (SSSR count). The first kappa shape index (κ1) is 36.9. The Labute approximate surface area is 286 Å². The number of likely N-dealkylation sites (N-methyl/N-ethyl adjacent to an activating group) is 1. The van der Waals surface area contributed by atoms with Crippen LogP contribution in [-0.2, 0) is 30.1 Å². The van der Waals surface area contributed by atoms with E-state index in [1.54, 1.807) is 31.1 Å². The fourth-order valence-corrected chi connectivity index (χ4v) is 7.42. The van der Waals surface area contributed by atoms with E-state index in [1.807, 2.05) is 56.9 Å². The molecule has 0 spiro atoms. The average Bonchev–Trinajstić information content (AvgIpc) is 3.31. The molecule has 1 atom stereocenters. The van der Waals surface area contributed by atoms with Crippen LogP contribution in [0.2, 0.25) is 19.6 Å². The van der Waals surface area contributed by atoms with E-state index in [4.69, 9.17) is 13.6 Å². The number of ether oxygens (including phenoxy) is 1. The van der Waals surface area contributed by atoms with E-state index in [1.165, 1.54) is 36.7 Å². The van der Waals surface area contributed by atoms with Gasteiger partial charge in [-0.2, -0.15) is 0 Å². The van der Waals surface area contributed by atoms with Crippen LogP contribution in [0.15, 0.2) is 47.0 Å². The zero-order chi connectivity index (χ0) is 34.9. The lowest BCUT2D eigenvalue weighted by Crippen LogP contribution is -2.56. The van der Waals surface area contributed by atoms with Crippen molar-refractivity contribution < 1.29 is 28.0 Å². The number of esters is 1. The number of hydrogen-bond donors (Lipinski definition) is 1. The predicted octanol–water partition coefficient (Wildman–Crippen LogP) is 7.82. The SMILES string of the molecule is CCCCCCCCCC(=O)OCN1C(=O)[C@](C)(O[Si](C)(C)C)CNc2cc(/C=C/C(=O)N(C)Cc3oc4ccccc4c3C)cnc21. The van der Waals surface area contributed by atoms with Crippen molar-refractivity contribution in [3.63, 3.8) is 0 Å². The monoisotopic (exact) mass is 676 g/mol. The summed E-state index contributed by atoms with van der Waals surface area (Å²) in [4.78, 5) is 47.3. The first-order chi connectivity index (χ1) is 22.8. The third kappa shape index (κ3) is 9.79. The van der Waals surface area contributed by atoms with Crippen molar-refractivity contribution in [1.82, 2.24) is 9.88 Å². The van der Waals surface area contributed by atoms with Gasteiger partial charge in [0.1, 0.15) is 11.3 Å². The lowest BCUT2D eigenvalue weighted by atomic mass is 10.1. The smallest absolute Gasteiger partial charge is 0.307 e. The van der Waals surface area contributed by atoms with Gasteiger partial charge < -0.3 is 23.8 Å². The number of furan rings is 1. The molecule has 1 aromatic carbocycles. The van der Waals surface area contributed by atoms with Gasteiger partial charge in [-0.05, 0) is 63.7 Å². The van der Waals surface area contributed by atoms with Crippen LogP contribution in [0.1, 0.15) is 82.1 Å². The Bertz CT molecular complexity index is 1610. The lowest BCUT2D eigenvalue weighted by Gasteiger charge is -2.36. The molecule has 3 heterocycles. The van der Waals surface area contributed by atoms with Crippen molar-refractivity contribution in [2.45, 2.75) is 104 Å². The van der Waals surface area contributed by atoms with Crippen molar-refractivity contribution in [3.8, 4) is 0 Å². The van der Waals surface area contributed by atoms with Crippen LogP contribution in [0.5, 0.6) is 0 Å². The highest BCUT2D eigenvalue weighted by molar-refractivity contribution is 6.70. The molecular weight excluding hydrogens is 625 g/mol. The van der Waals surface area contributed by atoms with Gasteiger partial charge in [0, 0.05) is 36.7 Å². The summed E-state index contributed by atoms with van der Waals surface area (Å²) in [6.07, 6.45) is 12.8. The molecular formula is C37H52N4O6Si. The Morgan fingerprint density at radius 2 is 1.83 bits per heavy atom. The molecule has 0 aliphatic carbocycles. The molecule has 1 aliphatic heterocycles. The molecule has 2 aromatic heterocycles. The van der Waals surface area contributed by atoms with Gasteiger partial charge in [0.2, 0.25) is 5.91 Å². The summed E-state index contributed by atoms with van der Waals surface area (Å²) in [6, 6.07) is 9.65. The molecule has 0 fully saturated rings. The Morgan fingerprint density at radius 1 is 1.12 bits per heavy atom. The average molecular weight is 677 g/mol. The third-order valence-corrected chi connectivity index (χ3v) is 9.51. The van der Waals surface area contributed by atoms with E-state index < -0.39 is 13.9 Å². The van der Waals surface area contributed by atoms with Crippen LogP contribution in [0.25, 0.3) is 17.0 Å². The number of unbranched alkanes of at least 4 members (excludes halogenated alkanes) is 6. The van der Waals surface area contributed by atoms with Gasteiger partial charge in [0.25, 0.3) is 5.91 Å². The summed E-state index contributed by atoms with van der Waals surface area (Å²) in [5, 5.41) is 4.38. The molecule has 0 radical (unpaired) electrons. The van der Waals surface area contributed by atoms with E-state index >= 15 is 0 Å². The minimum Gasteiger partial charge on any atom is -0.459 e. The lowest BCUT2D eigenvalue weighted by molar-refractivity contribution is -0.145. The second kappa shape index (κ2) is 16.4. The van der Waals surface area contributed by atoms with Gasteiger partial charge in [0.15, 0.2) is 26.5 Å². The van der Waals surface area contributed by atoms with E-state index in [9.17, 15) is 14.4 Å². The highest BCUT2D eigenvalue weighted by Crippen LogP contribution is 2.33. The Morgan fingerprint density at radius 3 is 2.54 bits per heavy atom. The number of carbonyl (C=O) groups is 3. The fourth-order valence-electron chi connectivity index (χ4n) is 5.91. The van der Waals surface area contributed by atoms with E-state index in [0.29, 0.717) is 30.0 Å². The number of para-hydroxylation sites is 1. The maximum Gasteiger partial charge on any atom is 0.307 e. The van der Waals surface area contributed by atoms with Gasteiger partial charge in [-0.3, -0.25) is 19.3 Å². The van der Waals surface area contributed by atoms with Crippen molar-refractivity contribution in [2.75, 3.05) is 30.5 Å². The normalized spacial score (nSPS) is 16.6. The summed E-state index contributed by atoms with van der Waals surface area (Å²) >= 11 is 0. The standard InChI is InChI=1S/C37H52N4O6Si/c1-8-9-10-11-12-13-14-19-34(43)45-26-41-35-30(39-25-37(3,36(41)44)47-48(5,6)7)22-28(23-38-35)20-21-33(42)40(4)24-32-27(2)29-17-15-16-18-31(29)46-32/h15-18,20-23,39H,8-14,19,24-26H2,1-7H3/b21-20+/t37-/m1/s1. The van der Waals surface area contributed by atoms with Gasteiger partial charge in [0.05, 0.1) is 18.8 Å². The molecule has 3 aromatic rings. The zero-order valence-electron chi connectivity index (χ0n) is 29.7. The number of aromatic nitrogens is 1. The van der Waals surface area contributed by atoms with Gasteiger partial charge in [-0.25, -0.2) is 4.98 Å². The summed E-state index contributed by atoms with van der Waals surface area (Å²) in [5.74, 6) is 0.218. The summed E-state index contributed by atoms with van der Waals surface area (Å²) in [6.45, 7) is 12.3. The van der Waals surface area contributed by atoms with Crippen LogP contribution < -0.4 is 10.2 Å². The molecule has 1 N–H and O–H groups in total. The van der Waals surface area contributed by atoms with Crippen LogP contribution in [0.3, 0.4) is 0 Å². The number of aryl methyl sites for hydroxylation is 1. The van der Waals surface area contributed by atoms with Crippen LogP contribution in [0, 0.1) is 6.92 Å². The van der Waals surface area contributed by atoms with Crippen molar-refractivity contribution in [1.29, 1.82) is 0 Å². The quantitative estimate of drug-likeness (QED) is 0.0707. The Kier molecular flexibility index (Phi) is 12.6. The molecule has 0 bridgehead atoms. The number of carbonyl (C=O) groups excluding carboxylic acids is 3. The summed E-state index contributed by atoms with van der Waals surface area (Å²) < 4.78 is 18.0. The van der Waals surface area contributed by atoms with Crippen molar-refractivity contribution >= 4 is 54.7 Å². The van der Waals surface area contributed by atoms with Crippen LogP contribution in [0.4, 0.5) is 11.5 Å². The highest BCUT2D eigenvalue weighted by Gasteiger charge is 2.45. The topological polar surface area (TPSA) is 114 Å². The molecule has 10 nitrogen and oxygen atoms in total. The number of pyridine rings is 1. The fraction of sp³-hybridized carbons (Fsp3) is 0.514. The molecule has 48 heavy (non-hydrogen) atoms. The number of nitrogens with one attached hydrogen (secondary N) is 1. The number of hydrogen-bond acceptors (Lipinski definition) is 8. The van der Waals surface area contributed by atoms with Crippen molar-refractivity contribution in [3.05, 3.63) is 59.5 Å². The van der Waals surface area contributed by atoms with Gasteiger partial charge >= 0.3 is 5.97 Å². The Balaban J connectivity index is 1.45.